The normalized spacial score (nSPS) is 14.9. The van der Waals surface area contributed by atoms with E-state index >= 15 is 0 Å². The van der Waals surface area contributed by atoms with Crippen LogP contribution in [0.1, 0.15) is 30.9 Å². The molecule has 2 aromatic carbocycles. The Morgan fingerprint density at radius 2 is 1.73 bits per heavy atom. The molecule has 0 aliphatic carbocycles. The maximum atomic E-state index is 12.4. The third kappa shape index (κ3) is 5.25. The standard InChI is InChI=1S/C22H28N2O2/c1-2-26-21-10-8-20(9-11-21)17-23-22(25)24-14-12-19(13-15-24)16-18-6-4-3-5-7-18/h3-11,19H,2,12-17H2,1H3,(H,23,25). The highest BCUT2D eigenvalue weighted by molar-refractivity contribution is 5.74. The van der Waals surface area contributed by atoms with Crippen LogP contribution in [0.5, 0.6) is 5.75 Å². The minimum Gasteiger partial charge on any atom is -0.494 e. The minimum absolute atomic E-state index is 0.0389. The Bertz CT molecular complexity index is 677. The quantitative estimate of drug-likeness (QED) is 0.844. The van der Waals surface area contributed by atoms with Crippen molar-refractivity contribution in [2.75, 3.05) is 19.7 Å². The largest absolute Gasteiger partial charge is 0.494 e. The first-order valence-corrected chi connectivity index (χ1v) is 9.53. The highest BCUT2D eigenvalue weighted by Crippen LogP contribution is 2.21. The van der Waals surface area contributed by atoms with E-state index in [1.54, 1.807) is 0 Å². The molecule has 138 valence electrons. The number of carbonyl (C=O) groups is 1. The number of rotatable bonds is 6. The Hall–Kier alpha value is -2.49. The van der Waals surface area contributed by atoms with Gasteiger partial charge in [-0.15, -0.1) is 0 Å². The number of ether oxygens (including phenoxy) is 1. The van der Waals surface area contributed by atoms with E-state index in [2.05, 4.69) is 35.6 Å². The van der Waals surface area contributed by atoms with Crippen LogP contribution in [-0.4, -0.2) is 30.6 Å². The van der Waals surface area contributed by atoms with Crippen molar-refractivity contribution in [3.63, 3.8) is 0 Å². The van der Waals surface area contributed by atoms with Gasteiger partial charge in [-0.3, -0.25) is 0 Å². The molecule has 1 aliphatic rings. The Morgan fingerprint density at radius 1 is 1.04 bits per heavy atom. The average Bonchev–Trinajstić information content (AvgIpc) is 2.69. The van der Waals surface area contributed by atoms with Gasteiger partial charge in [0.15, 0.2) is 0 Å². The SMILES string of the molecule is CCOc1ccc(CNC(=O)N2CCC(Cc3ccccc3)CC2)cc1. The van der Waals surface area contributed by atoms with E-state index in [-0.39, 0.29) is 6.03 Å². The number of benzene rings is 2. The van der Waals surface area contributed by atoms with Gasteiger partial charge in [-0.25, -0.2) is 4.79 Å². The Balaban J connectivity index is 1.40. The fraction of sp³-hybridized carbons (Fsp3) is 0.409. The van der Waals surface area contributed by atoms with Crippen molar-refractivity contribution in [2.24, 2.45) is 5.92 Å². The summed E-state index contributed by atoms with van der Waals surface area (Å²) in [6, 6.07) is 18.6. The first-order valence-electron chi connectivity index (χ1n) is 9.53. The lowest BCUT2D eigenvalue weighted by atomic mass is 9.90. The molecular weight excluding hydrogens is 324 g/mol. The summed E-state index contributed by atoms with van der Waals surface area (Å²) in [5.74, 6) is 1.54. The maximum Gasteiger partial charge on any atom is 0.317 e. The molecule has 0 aromatic heterocycles. The molecule has 0 radical (unpaired) electrons. The van der Waals surface area contributed by atoms with Gasteiger partial charge in [0.1, 0.15) is 5.75 Å². The topological polar surface area (TPSA) is 41.6 Å². The Kier molecular flexibility index (Phi) is 6.53. The van der Waals surface area contributed by atoms with Crippen LogP contribution in [-0.2, 0) is 13.0 Å². The smallest absolute Gasteiger partial charge is 0.317 e. The second-order valence-electron chi connectivity index (χ2n) is 6.86. The highest BCUT2D eigenvalue weighted by atomic mass is 16.5. The van der Waals surface area contributed by atoms with Gasteiger partial charge in [-0.1, -0.05) is 42.5 Å². The van der Waals surface area contributed by atoms with E-state index in [4.69, 9.17) is 4.74 Å². The molecule has 0 spiro atoms. The number of carbonyl (C=O) groups excluding carboxylic acids is 1. The van der Waals surface area contributed by atoms with E-state index in [1.165, 1.54) is 5.56 Å². The fourth-order valence-electron chi connectivity index (χ4n) is 3.45. The lowest BCUT2D eigenvalue weighted by Crippen LogP contribution is -2.44. The molecule has 2 amide bonds. The van der Waals surface area contributed by atoms with Crippen LogP contribution < -0.4 is 10.1 Å². The number of urea groups is 1. The van der Waals surface area contributed by atoms with Crippen LogP contribution in [0, 0.1) is 5.92 Å². The summed E-state index contributed by atoms with van der Waals surface area (Å²) in [5, 5.41) is 3.03. The number of hydrogen-bond acceptors (Lipinski definition) is 2. The third-order valence-corrected chi connectivity index (χ3v) is 4.95. The maximum absolute atomic E-state index is 12.4. The zero-order valence-corrected chi connectivity index (χ0v) is 15.5. The van der Waals surface area contributed by atoms with E-state index in [0.717, 1.165) is 43.7 Å². The fourth-order valence-corrected chi connectivity index (χ4v) is 3.45. The third-order valence-electron chi connectivity index (χ3n) is 4.95. The zero-order chi connectivity index (χ0) is 18.2. The van der Waals surface area contributed by atoms with Crippen molar-refractivity contribution in [2.45, 2.75) is 32.7 Å². The lowest BCUT2D eigenvalue weighted by molar-refractivity contribution is 0.170. The zero-order valence-electron chi connectivity index (χ0n) is 15.5. The molecule has 4 heteroatoms. The van der Waals surface area contributed by atoms with Gasteiger partial charge in [0.2, 0.25) is 0 Å². The van der Waals surface area contributed by atoms with Crippen LogP contribution in [0.4, 0.5) is 4.79 Å². The molecule has 0 bridgehead atoms. The van der Waals surface area contributed by atoms with E-state index in [9.17, 15) is 4.79 Å². The number of nitrogens with zero attached hydrogens (tertiary/aromatic N) is 1. The predicted molar refractivity (Wildman–Crippen MR) is 104 cm³/mol. The molecule has 1 N–H and O–H groups in total. The molecule has 3 rings (SSSR count). The second-order valence-corrected chi connectivity index (χ2v) is 6.86. The number of likely N-dealkylation sites (tertiary alicyclic amines) is 1. The summed E-state index contributed by atoms with van der Waals surface area (Å²) >= 11 is 0. The number of piperidine rings is 1. The van der Waals surface area contributed by atoms with E-state index in [1.807, 2.05) is 36.1 Å². The first kappa shape index (κ1) is 18.3. The van der Waals surface area contributed by atoms with Crippen LogP contribution in [0.15, 0.2) is 54.6 Å². The van der Waals surface area contributed by atoms with E-state index < -0.39 is 0 Å². The minimum atomic E-state index is 0.0389. The second kappa shape index (κ2) is 9.27. The van der Waals surface area contributed by atoms with Gasteiger partial charge in [0.05, 0.1) is 6.61 Å². The number of amides is 2. The molecule has 0 saturated carbocycles. The summed E-state index contributed by atoms with van der Waals surface area (Å²) in [7, 11) is 0. The number of nitrogens with one attached hydrogen (secondary N) is 1. The molecule has 1 heterocycles. The van der Waals surface area contributed by atoms with Crippen molar-refractivity contribution in [1.29, 1.82) is 0 Å². The van der Waals surface area contributed by atoms with Crippen molar-refractivity contribution in [3.05, 3.63) is 65.7 Å². The summed E-state index contributed by atoms with van der Waals surface area (Å²) in [4.78, 5) is 14.3. The van der Waals surface area contributed by atoms with Gasteiger partial charge < -0.3 is 15.0 Å². The molecular formula is C22H28N2O2. The highest BCUT2D eigenvalue weighted by Gasteiger charge is 2.22. The molecule has 1 fully saturated rings. The summed E-state index contributed by atoms with van der Waals surface area (Å²) < 4.78 is 5.44. The van der Waals surface area contributed by atoms with Gasteiger partial charge >= 0.3 is 6.03 Å². The monoisotopic (exact) mass is 352 g/mol. The van der Waals surface area contributed by atoms with Gasteiger partial charge in [-0.2, -0.15) is 0 Å². The molecule has 0 atom stereocenters. The van der Waals surface area contributed by atoms with E-state index in [0.29, 0.717) is 19.1 Å². The van der Waals surface area contributed by atoms with Crippen molar-refractivity contribution in [3.8, 4) is 5.75 Å². The molecule has 1 aliphatic heterocycles. The van der Waals surface area contributed by atoms with Crippen LogP contribution in [0.3, 0.4) is 0 Å². The Morgan fingerprint density at radius 3 is 2.38 bits per heavy atom. The van der Waals surface area contributed by atoms with Crippen LogP contribution in [0.25, 0.3) is 0 Å². The van der Waals surface area contributed by atoms with Crippen LogP contribution >= 0.6 is 0 Å². The Labute approximate surface area is 156 Å². The van der Waals surface area contributed by atoms with Crippen LogP contribution in [0.2, 0.25) is 0 Å². The van der Waals surface area contributed by atoms with Gasteiger partial charge in [0, 0.05) is 19.6 Å². The molecule has 1 saturated heterocycles. The van der Waals surface area contributed by atoms with Gasteiger partial charge in [-0.05, 0) is 55.4 Å². The molecule has 2 aromatic rings. The summed E-state index contributed by atoms with van der Waals surface area (Å²) in [6.45, 7) is 4.86. The molecule has 0 unspecified atom stereocenters. The number of hydrogen-bond donors (Lipinski definition) is 1. The lowest BCUT2D eigenvalue weighted by Gasteiger charge is -2.32. The molecule has 26 heavy (non-hydrogen) atoms. The van der Waals surface area contributed by atoms with Gasteiger partial charge in [0.25, 0.3) is 0 Å². The average molecular weight is 352 g/mol. The predicted octanol–water partition coefficient (Wildman–Crippen LogP) is 4.25. The van der Waals surface area contributed by atoms with Crippen molar-refractivity contribution < 1.29 is 9.53 Å². The summed E-state index contributed by atoms with van der Waals surface area (Å²) in [6.07, 6.45) is 3.26. The van der Waals surface area contributed by atoms with Crippen molar-refractivity contribution >= 4 is 6.03 Å². The molecule has 4 nitrogen and oxygen atoms in total. The first-order chi connectivity index (χ1) is 12.7. The summed E-state index contributed by atoms with van der Waals surface area (Å²) in [5.41, 5.74) is 2.48. The van der Waals surface area contributed by atoms with Crippen molar-refractivity contribution in [1.82, 2.24) is 10.2 Å².